The number of hydrogen-bond donors (Lipinski definition) is 5. The molecule has 2 aliphatic rings. The van der Waals surface area contributed by atoms with Gasteiger partial charge in [-0.3, -0.25) is 0 Å². The second kappa shape index (κ2) is 7.02. The molecule has 1 fully saturated rings. The number of hydrogen-bond acceptors (Lipinski definition) is 9. The van der Waals surface area contributed by atoms with Crippen LogP contribution in [0.25, 0.3) is 0 Å². The fourth-order valence-corrected chi connectivity index (χ4v) is 10.2. The van der Waals surface area contributed by atoms with Gasteiger partial charge in [-0.15, -0.1) is 0 Å². The van der Waals surface area contributed by atoms with E-state index >= 15 is 0 Å². The number of aliphatic hydroxyl groups excluding tert-OH is 2. The third-order valence-electron chi connectivity index (χ3n) is 2.88. The molecule has 0 aromatic heterocycles. The Bertz CT molecular complexity index is 648. The quantitative estimate of drug-likeness (QED) is 0.196. The van der Waals surface area contributed by atoms with Crippen molar-refractivity contribution in [1.82, 2.24) is 0 Å². The van der Waals surface area contributed by atoms with Crippen LogP contribution in [0.3, 0.4) is 0 Å². The molecule has 1 saturated heterocycles. The van der Waals surface area contributed by atoms with Crippen molar-refractivity contribution in [3.63, 3.8) is 0 Å². The standard InChI is InChI=1S/C6H13B2O9P3S3/c1-18(11,21)16-20(13,23)17-19(12,22)14-2-3-4(9)5(10)6(15-3)7-8-6/h3-5,9-10H,2H2,1H3,(H,11,21)(H,12,22)(H,13,23). The first-order valence-corrected chi connectivity index (χ1v) is 14.4. The minimum absolute atomic E-state index is 0.428. The second-order valence-electron chi connectivity index (χ2n) is 4.98. The van der Waals surface area contributed by atoms with Gasteiger partial charge in [0.05, 0.1) is 0 Å². The molecule has 2 rings (SSSR count). The molecule has 2 aliphatic heterocycles. The molecule has 9 nitrogen and oxygen atoms in total. The monoisotopic (exact) mass is 440 g/mol. The molecule has 17 heteroatoms. The van der Waals surface area contributed by atoms with Crippen molar-refractivity contribution in [2.75, 3.05) is 13.3 Å². The molecule has 0 amide bonds. The number of rotatable bonds is 7. The van der Waals surface area contributed by atoms with Gasteiger partial charge in [-0.1, -0.05) is 0 Å². The van der Waals surface area contributed by atoms with Gasteiger partial charge in [0.25, 0.3) is 0 Å². The predicted molar refractivity (Wildman–Crippen MR) is 94.8 cm³/mol. The SMILES string of the molecule is CP(O)(=S)OP(=O)(S)OP(O)(=S)OCC1OC2(B=B2)C(O)C1O. The van der Waals surface area contributed by atoms with E-state index in [0.29, 0.717) is 0 Å². The predicted octanol–water partition coefficient (Wildman–Crippen LogP) is -0.666. The number of thiol groups is 1. The van der Waals surface area contributed by atoms with Gasteiger partial charge < -0.3 is 0 Å². The molecule has 23 heavy (non-hydrogen) atoms. The first-order valence-electron chi connectivity index (χ1n) is 6.03. The van der Waals surface area contributed by atoms with E-state index in [2.05, 4.69) is 44.5 Å². The molecule has 2 heterocycles. The van der Waals surface area contributed by atoms with E-state index in [1.54, 1.807) is 13.6 Å². The average molecular weight is 440 g/mol. The molecule has 6 atom stereocenters. The molecular weight excluding hydrogens is 427 g/mol. The Morgan fingerprint density at radius 2 is 1.87 bits per heavy atom. The normalized spacial score (nSPS) is 35.7. The molecule has 0 aromatic carbocycles. The molecule has 0 bridgehead atoms. The van der Waals surface area contributed by atoms with Crippen molar-refractivity contribution >= 4 is 69.5 Å². The van der Waals surface area contributed by atoms with Crippen LogP contribution in [0.2, 0.25) is 0 Å². The van der Waals surface area contributed by atoms with E-state index in [1.807, 2.05) is 0 Å². The summed E-state index contributed by atoms with van der Waals surface area (Å²) in [5.74, 6) is 0. The summed E-state index contributed by atoms with van der Waals surface area (Å²) >= 11 is 12.8. The van der Waals surface area contributed by atoms with Crippen LogP contribution in [0.1, 0.15) is 0 Å². The molecule has 6 unspecified atom stereocenters. The van der Waals surface area contributed by atoms with E-state index in [1.165, 1.54) is 0 Å². The van der Waals surface area contributed by atoms with E-state index in [-0.39, 0.29) is 0 Å². The summed E-state index contributed by atoms with van der Waals surface area (Å²) in [6.45, 7) is -7.88. The van der Waals surface area contributed by atoms with Gasteiger partial charge in [-0.05, 0) is 0 Å². The fraction of sp³-hybridized carbons (Fsp3) is 1.00. The van der Waals surface area contributed by atoms with Gasteiger partial charge in [0, 0.05) is 0 Å². The zero-order chi connectivity index (χ0) is 17.7. The van der Waals surface area contributed by atoms with Gasteiger partial charge in [0.1, 0.15) is 0 Å². The van der Waals surface area contributed by atoms with Crippen molar-refractivity contribution < 1.29 is 42.4 Å². The van der Waals surface area contributed by atoms with Gasteiger partial charge in [0.2, 0.25) is 0 Å². The van der Waals surface area contributed by atoms with Crippen molar-refractivity contribution in [3.8, 4) is 0 Å². The second-order valence-corrected chi connectivity index (χ2v) is 14.9. The van der Waals surface area contributed by atoms with E-state index < -0.39 is 50.3 Å². The third-order valence-corrected chi connectivity index (χ3v) is 9.87. The minimum atomic E-state index is -4.24. The zero-order valence-electron chi connectivity index (χ0n) is 11.5. The molecule has 1 spiro atoms. The van der Waals surface area contributed by atoms with E-state index in [4.69, 9.17) is 9.26 Å². The van der Waals surface area contributed by atoms with Gasteiger partial charge >= 0.3 is 149 Å². The molecule has 4 N–H and O–H groups in total. The van der Waals surface area contributed by atoms with Gasteiger partial charge in [-0.25, -0.2) is 0 Å². The van der Waals surface area contributed by atoms with Crippen molar-refractivity contribution in [1.29, 1.82) is 0 Å². The molecule has 0 aliphatic carbocycles. The van der Waals surface area contributed by atoms with Crippen LogP contribution >= 0.6 is 32.3 Å². The van der Waals surface area contributed by atoms with Crippen molar-refractivity contribution in [3.05, 3.63) is 0 Å². The number of aliphatic hydroxyl groups is 2. The summed E-state index contributed by atoms with van der Waals surface area (Å²) in [7, 11) is 0. The zero-order valence-corrected chi connectivity index (χ0v) is 16.7. The maximum absolute atomic E-state index is 11.9. The average Bonchev–Trinajstić information content (AvgIpc) is 3.04. The Morgan fingerprint density at radius 1 is 1.30 bits per heavy atom. The Morgan fingerprint density at radius 3 is 2.30 bits per heavy atom. The Hall–Kier alpha value is 1.69. The summed E-state index contributed by atoms with van der Waals surface area (Å²) in [6, 6.07) is 0. The molecule has 0 saturated carbocycles. The van der Waals surface area contributed by atoms with Crippen molar-refractivity contribution in [2.45, 2.75) is 23.7 Å². The Balaban J connectivity index is 1.91. The van der Waals surface area contributed by atoms with Crippen LogP contribution in [0.5, 0.6) is 0 Å². The van der Waals surface area contributed by atoms with E-state index in [0.717, 1.165) is 6.66 Å². The van der Waals surface area contributed by atoms with Crippen LogP contribution in [-0.2, 0) is 46.1 Å². The van der Waals surface area contributed by atoms with Gasteiger partial charge in [0.15, 0.2) is 0 Å². The first-order chi connectivity index (χ1) is 10.3. The summed E-state index contributed by atoms with van der Waals surface area (Å²) in [5, 5.41) is 18.6. The van der Waals surface area contributed by atoms with Gasteiger partial charge in [-0.2, -0.15) is 0 Å². The summed E-state index contributed by atoms with van der Waals surface area (Å²) in [5.41, 5.74) is 0. The molecule has 130 valence electrons. The van der Waals surface area contributed by atoms with Crippen LogP contribution in [-0.4, -0.2) is 70.6 Å². The molecule has 0 aromatic rings. The Labute approximate surface area is 148 Å². The van der Waals surface area contributed by atoms with Crippen LogP contribution in [0, 0.1) is 0 Å². The van der Waals surface area contributed by atoms with E-state index in [9.17, 15) is 24.6 Å². The third kappa shape index (κ3) is 5.84. The maximum atomic E-state index is 11.9. The molecule has 0 radical (unpaired) electrons. The van der Waals surface area contributed by atoms with Crippen LogP contribution in [0.4, 0.5) is 0 Å². The fourth-order valence-electron chi connectivity index (χ4n) is 1.89. The van der Waals surface area contributed by atoms with Crippen LogP contribution < -0.4 is 0 Å². The van der Waals surface area contributed by atoms with Crippen LogP contribution in [0.15, 0.2) is 0 Å². The van der Waals surface area contributed by atoms with Crippen molar-refractivity contribution in [2.24, 2.45) is 0 Å². The summed E-state index contributed by atoms with van der Waals surface area (Å²) in [6.07, 6.45) is -3.40. The summed E-state index contributed by atoms with van der Waals surface area (Å²) < 4.78 is 31.4. The Kier molecular flexibility index (Phi) is 6.41. The topological polar surface area (TPSA) is 135 Å². The molecular formula is C6H13B2O9P3S3. The summed E-state index contributed by atoms with van der Waals surface area (Å²) in [4.78, 5) is 19.2. The number of ether oxygens (including phenoxy) is 1. The first kappa shape index (κ1) is 21.0.